The summed E-state index contributed by atoms with van der Waals surface area (Å²) in [6, 6.07) is 2.33. The van der Waals surface area contributed by atoms with Crippen LogP contribution in [-0.4, -0.2) is 18.3 Å². The fourth-order valence-electron chi connectivity index (χ4n) is 5.40. The van der Waals surface area contributed by atoms with Crippen molar-refractivity contribution in [2.24, 2.45) is 0 Å². The van der Waals surface area contributed by atoms with E-state index in [1.165, 1.54) is 11.1 Å². The van der Waals surface area contributed by atoms with Gasteiger partial charge in [0, 0.05) is 0 Å². The lowest BCUT2D eigenvalue weighted by atomic mass is 9.95. The molecule has 1 aromatic heterocycles. The smallest absolute Gasteiger partial charge is 0.184 e. The number of nitrogens with zero attached hydrogens (tertiary/aromatic N) is 1. The summed E-state index contributed by atoms with van der Waals surface area (Å²) in [4.78, 5) is 11.8. The van der Waals surface area contributed by atoms with Crippen molar-refractivity contribution in [1.29, 1.82) is 0 Å². The molecule has 154 valence electrons. The first kappa shape index (κ1) is 22.7. The van der Waals surface area contributed by atoms with Gasteiger partial charge in [0.1, 0.15) is 0 Å². The molecule has 0 radical (unpaired) electrons. The largest absolute Gasteiger partial charge is 0.379 e. The molecule has 0 unspecified atom stereocenters. The van der Waals surface area contributed by atoms with Crippen molar-refractivity contribution >= 4 is 14.0 Å². The number of carbonyl (C=O) groups is 1. The summed E-state index contributed by atoms with van der Waals surface area (Å²) in [6.07, 6.45) is 14.4. The molecule has 0 bridgehead atoms. The van der Waals surface area contributed by atoms with Gasteiger partial charge in [-0.3, -0.25) is 4.79 Å². The first-order valence-electron chi connectivity index (χ1n) is 10.9. The molecule has 1 aromatic rings. The van der Waals surface area contributed by atoms with E-state index in [4.69, 9.17) is 0 Å². The molecule has 0 fully saturated rings. The second-order valence-electron chi connectivity index (χ2n) is 9.36. The zero-order chi connectivity index (χ0) is 21.1. The maximum atomic E-state index is 11.8. The molecule has 0 spiro atoms. The summed E-state index contributed by atoms with van der Waals surface area (Å²) in [5, 5.41) is 0. The van der Waals surface area contributed by atoms with Gasteiger partial charge in [-0.1, -0.05) is 47.6 Å². The molecule has 0 aliphatic heterocycles. The van der Waals surface area contributed by atoms with Gasteiger partial charge in [-0.25, -0.2) is 0 Å². The third-order valence-corrected chi connectivity index (χ3v) is 13.2. The number of unbranched alkanes of at least 4 members (excludes halogenated alkanes) is 1. The van der Waals surface area contributed by atoms with E-state index in [-0.39, 0.29) is 5.78 Å². The summed E-state index contributed by atoms with van der Waals surface area (Å²) < 4.78 is 2.63. The molecule has 3 heteroatoms. The zero-order valence-corrected chi connectivity index (χ0v) is 20.2. The highest BCUT2D eigenvalue weighted by atomic mass is 28.3. The van der Waals surface area contributed by atoms with Crippen LogP contribution in [0.3, 0.4) is 0 Å². The van der Waals surface area contributed by atoms with Crippen LogP contribution in [0.4, 0.5) is 0 Å². The third kappa shape index (κ3) is 4.51. The standard InChI is InChI=1S/C25H39NOSi/c1-18(2)28(19(3)4,20(5)6)26-14-13-23(17-26)11-9-10-12-24-15-21(7)25(27)22(8)16-24/h12-20H,9-11H2,1-8H3. The fourth-order valence-corrected chi connectivity index (χ4v) is 11.9. The first-order valence-corrected chi connectivity index (χ1v) is 13.1. The molecule has 2 nitrogen and oxygen atoms in total. The van der Waals surface area contributed by atoms with Gasteiger partial charge in [-0.05, 0) is 103 Å². The summed E-state index contributed by atoms with van der Waals surface area (Å²) >= 11 is 0. The van der Waals surface area contributed by atoms with Gasteiger partial charge >= 0.3 is 0 Å². The molecular formula is C25H39NOSi. The third-order valence-electron chi connectivity index (χ3n) is 6.51. The monoisotopic (exact) mass is 397 g/mol. The number of rotatable bonds is 8. The van der Waals surface area contributed by atoms with E-state index in [0.29, 0.717) is 0 Å². The van der Waals surface area contributed by atoms with E-state index in [1.807, 2.05) is 26.0 Å². The fraction of sp³-hybridized carbons (Fsp3) is 0.560. The number of allylic oxidation sites excluding steroid dienone is 6. The van der Waals surface area contributed by atoms with Crippen molar-refractivity contribution in [2.45, 2.75) is 91.3 Å². The minimum Gasteiger partial charge on any atom is -0.379 e. The van der Waals surface area contributed by atoms with Gasteiger partial charge in [0.2, 0.25) is 0 Å². The zero-order valence-electron chi connectivity index (χ0n) is 19.2. The van der Waals surface area contributed by atoms with Crippen LogP contribution in [0.15, 0.2) is 53.4 Å². The molecule has 1 heterocycles. The minimum absolute atomic E-state index is 0.173. The maximum absolute atomic E-state index is 11.8. The Balaban J connectivity index is 2.06. The van der Waals surface area contributed by atoms with Gasteiger partial charge in [0.25, 0.3) is 0 Å². The van der Waals surface area contributed by atoms with Gasteiger partial charge in [0.15, 0.2) is 14.0 Å². The van der Waals surface area contributed by atoms with Crippen LogP contribution in [0.2, 0.25) is 16.6 Å². The molecular weight excluding hydrogens is 358 g/mol. The lowest BCUT2D eigenvalue weighted by Gasteiger charge is -2.44. The summed E-state index contributed by atoms with van der Waals surface area (Å²) in [7, 11) is -1.62. The van der Waals surface area contributed by atoms with Crippen molar-refractivity contribution < 1.29 is 4.79 Å². The van der Waals surface area contributed by atoms with Crippen LogP contribution in [0.1, 0.15) is 73.8 Å². The Morgan fingerprint density at radius 1 is 0.964 bits per heavy atom. The molecule has 0 aromatic carbocycles. The van der Waals surface area contributed by atoms with Crippen molar-refractivity contribution in [3.8, 4) is 0 Å². The molecule has 1 aliphatic rings. The van der Waals surface area contributed by atoms with Crippen LogP contribution in [0.5, 0.6) is 0 Å². The summed E-state index contributed by atoms with van der Waals surface area (Å²) in [5.74, 6) is 0.173. The maximum Gasteiger partial charge on any atom is 0.184 e. The van der Waals surface area contributed by atoms with Crippen LogP contribution in [-0.2, 0) is 11.2 Å². The molecule has 1 aliphatic carbocycles. The number of carbonyl (C=O) groups excluding carboxylic acids is 1. The van der Waals surface area contributed by atoms with E-state index in [2.05, 4.69) is 70.3 Å². The van der Waals surface area contributed by atoms with Crippen molar-refractivity contribution in [3.63, 3.8) is 0 Å². The number of Topliss-reactive ketones (excluding diaryl/α,β-unsaturated/α-hetero) is 1. The normalized spacial score (nSPS) is 15.5. The molecule has 2 rings (SSSR count). The Morgan fingerprint density at radius 2 is 1.50 bits per heavy atom. The Hall–Kier alpha value is -1.61. The average Bonchev–Trinajstić information content (AvgIpc) is 3.05. The molecule has 0 atom stereocenters. The van der Waals surface area contributed by atoms with E-state index < -0.39 is 8.24 Å². The molecule has 0 saturated carbocycles. The highest BCUT2D eigenvalue weighted by Crippen LogP contribution is 2.42. The summed E-state index contributed by atoms with van der Waals surface area (Å²) in [6.45, 7) is 18.3. The second kappa shape index (κ2) is 9.26. The molecule has 28 heavy (non-hydrogen) atoms. The van der Waals surface area contributed by atoms with Crippen LogP contribution in [0, 0.1) is 0 Å². The summed E-state index contributed by atoms with van der Waals surface area (Å²) in [5.41, 5.74) is 6.48. The SMILES string of the molecule is CC1=CC(=CCCCc2ccn([Si](C(C)C)(C(C)C)C(C)C)c2)C=C(C)C1=O. The number of aryl methyl sites for hydroxylation is 1. The quantitative estimate of drug-likeness (QED) is 0.335. The number of aromatic nitrogens is 1. The van der Waals surface area contributed by atoms with E-state index in [0.717, 1.165) is 47.0 Å². The highest BCUT2D eigenvalue weighted by Gasteiger charge is 2.44. The van der Waals surface area contributed by atoms with Gasteiger partial charge in [0.05, 0.1) is 0 Å². The highest BCUT2D eigenvalue weighted by molar-refractivity contribution is 6.82. The van der Waals surface area contributed by atoms with Gasteiger partial charge < -0.3 is 4.23 Å². The Morgan fingerprint density at radius 3 is 2.00 bits per heavy atom. The molecule has 0 N–H and O–H groups in total. The average molecular weight is 398 g/mol. The Bertz CT molecular complexity index is 743. The van der Waals surface area contributed by atoms with Crippen LogP contribution >= 0.6 is 0 Å². The lowest BCUT2D eigenvalue weighted by molar-refractivity contribution is -0.112. The Labute approximate surface area is 173 Å². The van der Waals surface area contributed by atoms with Gasteiger partial charge in [-0.15, -0.1) is 0 Å². The van der Waals surface area contributed by atoms with Crippen LogP contribution < -0.4 is 0 Å². The van der Waals surface area contributed by atoms with Crippen LogP contribution in [0.25, 0.3) is 0 Å². The number of hydrogen-bond donors (Lipinski definition) is 0. The van der Waals surface area contributed by atoms with Crippen molar-refractivity contribution in [2.75, 3.05) is 0 Å². The van der Waals surface area contributed by atoms with E-state index in [1.54, 1.807) is 0 Å². The number of hydrogen-bond acceptors (Lipinski definition) is 1. The first-order chi connectivity index (χ1) is 13.1. The van der Waals surface area contributed by atoms with E-state index in [9.17, 15) is 4.79 Å². The van der Waals surface area contributed by atoms with Crippen molar-refractivity contribution in [3.05, 3.63) is 59.0 Å². The predicted molar refractivity (Wildman–Crippen MR) is 124 cm³/mol. The number of ketones is 1. The predicted octanol–water partition coefficient (Wildman–Crippen LogP) is 7.24. The topological polar surface area (TPSA) is 22.0 Å². The lowest BCUT2D eigenvalue weighted by Crippen LogP contribution is -2.51. The Kier molecular flexibility index (Phi) is 7.50. The second-order valence-corrected chi connectivity index (χ2v) is 15.1. The van der Waals surface area contributed by atoms with Gasteiger partial charge in [-0.2, -0.15) is 0 Å². The molecule has 0 amide bonds. The van der Waals surface area contributed by atoms with E-state index >= 15 is 0 Å². The minimum atomic E-state index is -1.62. The molecule has 0 saturated heterocycles. The van der Waals surface area contributed by atoms with Crippen molar-refractivity contribution in [1.82, 2.24) is 4.23 Å².